The smallest absolute Gasteiger partial charge is 0.321 e. The largest absolute Gasteiger partial charge is 0.338 e. The molecule has 4 N–H and O–H groups in total. The van der Waals surface area contributed by atoms with Gasteiger partial charge in [-0.15, -0.1) is 0 Å². The molecule has 1 heterocycles. The Labute approximate surface area is 124 Å². The van der Waals surface area contributed by atoms with E-state index < -0.39 is 0 Å². The zero-order chi connectivity index (χ0) is 15.4. The summed E-state index contributed by atoms with van der Waals surface area (Å²) in [6, 6.07) is 6.97. The van der Waals surface area contributed by atoms with Crippen molar-refractivity contribution in [2.24, 2.45) is 11.7 Å². The van der Waals surface area contributed by atoms with E-state index in [1.807, 2.05) is 12.1 Å². The molecule has 1 aliphatic rings. The second kappa shape index (κ2) is 6.58. The molecule has 6 nitrogen and oxygen atoms in total. The topological polar surface area (TPSA) is 87.5 Å². The average molecular weight is 290 g/mol. The van der Waals surface area contributed by atoms with Crippen LogP contribution in [0.2, 0.25) is 0 Å². The summed E-state index contributed by atoms with van der Waals surface area (Å²) >= 11 is 0. The number of benzene rings is 1. The summed E-state index contributed by atoms with van der Waals surface area (Å²) in [4.78, 5) is 25.5. The van der Waals surface area contributed by atoms with Gasteiger partial charge in [0.2, 0.25) is 5.91 Å². The maximum absolute atomic E-state index is 12.0. The summed E-state index contributed by atoms with van der Waals surface area (Å²) in [6.07, 6.45) is 0.907. The van der Waals surface area contributed by atoms with Crippen LogP contribution in [0, 0.1) is 5.92 Å². The molecule has 21 heavy (non-hydrogen) atoms. The number of carbonyl (C=O) groups excluding carboxylic acids is 2. The van der Waals surface area contributed by atoms with E-state index in [2.05, 4.69) is 10.6 Å². The molecule has 0 saturated carbocycles. The van der Waals surface area contributed by atoms with Gasteiger partial charge in [0.25, 0.3) is 0 Å². The van der Waals surface area contributed by atoms with E-state index in [9.17, 15) is 9.59 Å². The van der Waals surface area contributed by atoms with Crippen molar-refractivity contribution in [1.82, 2.24) is 5.32 Å². The van der Waals surface area contributed by atoms with Crippen molar-refractivity contribution in [3.63, 3.8) is 0 Å². The highest BCUT2D eigenvalue weighted by Crippen LogP contribution is 2.21. The Balaban J connectivity index is 2.10. The van der Waals surface area contributed by atoms with Crippen LogP contribution in [0.3, 0.4) is 0 Å². The summed E-state index contributed by atoms with van der Waals surface area (Å²) < 4.78 is 0. The van der Waals surface area contributed by atoms with Crippen LogP contribution < -0.4 is 21.3 Å². The van der Waals surface area contributed by atoms with Crippen molar-refractivity contribution < 1.29 is 9.59 Å². The van der Waals surface area contributed by atoms with Crippen molar-refractivity contribution in [3.05, 3.63) is 24.3 Å². The number of nitrogens with zero attached hydrogens (tertiary/aromatic N) is 1. The lowest BCUT2D eigenvalue weighted by molar-refractivity contribution is -0.119. The minimum Gasteiger partial charge on any atom is -0.338 e. The zero-order valence-electron chi connectivity index (χ0n) is 12.4. The molecule has 2 atom stereocenters. The quantitative estimate of drug-likeness (QED) is 0.786. The normalized spacial score (nSPS) is 17.9. The molecule has 1 saturated heterocycles. The van der Waals surface area contributed by atoms with Crippen molar-refractivity contribution in [2.45, 2.75) is 26.3 Å². The van der Waals surface area contributed by atoms with E-state index in [0.717, 1.165) is 12.1 Å². The van der Waals surface area contributed by atoms with Crippen LogP contribution >= 0.6 is 0 Å². The van der Waals surface area contributed by atoms with Crippen molar-refractivity contribution in [1.29, 1.82) is 0 Å². The Kier molecular flexibility index (Phi) is 4.80. The molecule has 0 radical (unpaired) electrons. The van der Waals surface area contributed by atoms with Crippen LogP contribution in [0.1, 0.15) is 20.3 Å². The van der Waals surface area contributed by atoms with Gasteiger partial charge in [0.05, 0.1) is 5.92 Å². The highest BCUT2D eigenvalue weighted by atomic mass is 16.2. The van der Waals surface area contributed by atoms with Crippen LogP contribution in [0.15, 0.2) is 24.3 Å². The molecule has 1 aliphatic heterocycles. The SMILES string of the molecule is CC(N)C(C)C(=O)Nc1cccc(N2CCCNC2=O)c1. The van der Waals surface area contributed by atoms with Gasteiger partial charge in [-0.05, 0) is 31.5 Å². The lowest BCUT2D eigenvalue weighted by Gasteiger charge is -2.27. The summed E-state index contributed by atoms with van der Waals surface area (Å²) in [5.74, 6) is -0.391. The second-order valence-corrected chi connectivity index (χ2v) is 5.42. The van der Waals surface area contributed by atoms with Gasteiger partial charge in [0.1, 0.15) is 0 Å². The lowest BCUT2D eigenvalue weighted by atomic mass is 10.0. The van der Waals surface area contributed by atoms with Gasteiger partial charge in [-0.2, -0.15) is 0 Å². The summed E-state index contributed by atoms with van der Waals surface area (Å²) in [5.41, 5.74) is 7.18. The molecule has 0 aromatic heterocycles. The Hall–Kier alpha value is -2.08. The number of amides is 3. The van der Waals surface area contributed by atoms with Crippen LogP contribution in [0.5, 0.6) is 0 Å². The first-order chi connectivity index (χ1) is 9.99. The fourth-order valence-electron chi connectivity index (χ4n) is 2.12. The van der Waals surface area contributed by atoms with Gasteiger partial charge < -0.3 is 16.4 Å². The molecular weight excluding hydrogens is 268 g/mol. The minimum atomic E-state index is -0.271. The first kappa shape index (κ1) is 15.3. The minimum absolute atomic E-state index is 0.103. The van der Waals surface area contributed by atoms with Crippen LogP contribution in [0.4, 0.5) is 16.2 Å². The molecule has 6 heteroatoms. The van der Waals surface area contributed by atoms with Gasteiger partial charge in [-0.25, -0.2) is 4.79 Å². The molecule has 0 bridgehead atoms. The highest BCUT2D eigenvalue weighted by molar-refractivity contribution is 5.96. The molecule has 0 aliphatic carbocycles. The fourth-order valence-corrected chi connectivity index (χ4v) is 2.12. The van der Waals surface area contributed by atoms with E-state index in [1.165, 1.54) is 0 Å². The predicted molar refractivity (Wildman–Crippen MR) is 83.2 cm³/mol. The molecule has 0 spiro atoms. The summed E-state index contributed by atoms with van der Waals surface area (Å²) in [7, 11) is 0. The third-order valence-corrected chi connectivity index (χ3v) is 3.71. The Morgan fingerprint density at radius 1 is 1.43 bits per heavy atom. The average Bonchev–Trinajstić information content (AvgIpc) is 2.47. The van der Waals surface area contributed by atoms with E-state index in [1.54, 1.807) is 30.9 Å². The van der Waals surface area contributed by atoms with Crippen LogP contribution in [-0.2, 0) is 4.79 Å². The molecular formula is C15H22N4O2. The van der Waals surface area contributed by atoms with E-state index in [-0.39, 0.29) is 23.9 Å². The van der Waals surface area contributed by atoms with Crippen LogP contribution in [0.25, 0.3) is 0 Å². The molecule has 114 valence electrons. The third kappa shape index (κ3) is 3.72. The molecule has 1 fully saturated rings. The molecule has 1 aromatic carbocycles. The van der Waals surface area contributed by atoms with E-state index >= 15 is 0 Å². The van der Waals surface area contributed by atoms with Gasteiger partial charge in [0, 0.05) is 30.5 Å². The summed E-state index contributed by atoms with van der Waals surface area (Å²) in [5, 5.41) is 5.65. The van der Waals surface area contributed by atoms with Crippen molar-refractivity contribution in [3.8, 4) is 0 Å². The summed E-state index contributed by atoms with van der Waals surface area (Å²) in [6.45, 7) is 4.98. The number of anilines is 2. The zero-order valence-corrected chi connectivity index (χ0v) is 12.4. The Morgan fingerprint density at radius 3 is 2.86 bits per heavy atom. The Morgan fingerprint density at radius 2 is 2.19 bits per heavy atom. The number of nitrogens with two attached hydrogens (primary N) is 1. The number of carbonyl (C=O) groups is 2. The van der Waals surface area contributed by atoms with E-state index in [0.29, 0.717) is 18.8 Å². The number of urea groups is 1. The lowest BCUT2D eigenvalue weighted by Crippen LogP contribution is -2.46. The molecule has 1 aromatic rings. The predicted octanol–water partition coefficient (Wildman–Crippen LogP) is 1.53. The maximum Gasteiger partial charge on any atom is 0.321 e. The monoisotopic (exact) mass is 290 g/mol. The second-order valence-electron chi connectivity index (χ2n) is 5.42. The maximum atomic E-state index is 12.0. The molecule has 2 rings (SSSR count). The van der Waals surface area contributed by atoms with Gasteiger partial charge >= 0.3 is 6.03 Å². The first-order valence-corrected chi connectivity index (χ1v) is 7.21. The number of rotatable bonds is 4. The van der Waals surface area contributed by atoms with Gasteiger partial charge in [-0.1, -0.05) is 13.0 Å². The fraction of sp³-hybridized carbons (Fsp3) is 0.467. The van der Waals surface area contributed by atoms with E-state index in [4.69, 9.17) is 5.73 Å². The van der Waals surface area contributed by atoms with Crippen LogP contribution in [-0.4, -0.2) is 31.1 Å². The van der Waals surface area contributed by atoms with Gasteiger partial charge in [-0.3, -0.25) is 9.69 Å². The first-order valence-electron chi connectivity index (χ1n) is 7.21. The molecule has 3 amide bonds. The number of hydrogen-bond acceptors (Lipinski definition) is 3. The standard InChI is InChI=1S/C15H22N4O2/c1-10(11(2)16)14(20)18-12-5-3-6-13(9-12)19-8-4-7-17-15(19)21/h3,5-6,9-11H,4,7-8,16H2,1-2H3,(H,17,21)(H,18,20). The Bertz CT molecular complexity index is 530. The molecule has 2 unspecified atom stereocenters. The van der Waals surface area contributed by atoms with Crippen molar-refractivity contribution >= 4 is 23.3 Å². The van der Waals surface area contributed by atoms with Crippen molar-refractivity contribution in [2.75, 3.05) is 23.3 Å². The van der Waals surface area contributed by atoms with Gasteiger partial charge in [0.15, 0.2) is 0 Å². The third-order valence-electron chi connectivity index (χ3n) is 3.71. The number of nitrogens with one attached hydrogen (secondary N) is 2. The highest BCUT2D eigenvalue weighted by Gasteiger charge is 2.20. The number of hydrogen-bond donors (Lipinski definition) is 3.